The second kappa shape index (κ2) is 5.85. The number of ketones is 1. The number of likely N-dealkylation sites (N-methyl/N-ethyl adjacent to an activating group) is 1. The highest BCUT2D eigenvalue weighted by Crippen LogP contribution is 2.21. The molecule has 1 atom stereocenters. The summed E-state index contributed by atoms with van der Waals surface area (Å²) in [6.45, 7) is 1.88. The molecule has 0 aromatic heterocycles. The molecular weight excluding hydrogens is 238 g/mol. The molecule has 3 heteroatoms. The highest BCUT2D eigenvalue weighted by atomic mass is 16.3. The minimum Gasteiger partial charge on any atom is -0.508 e. The monoisotopic (exact) mass is 257 g/mol. The summed E-state index contributed by atoms with van der Waals surface area (Å²) in [7, 11) is 1.82. The first-order valence-electron chi connectivity index (χ1n) is 6.55. The Kier molecular flexibility index (Phi) is 4.17. The number of fused-ring (bicyclic) bond motifs is 1. The fourth-order valence-electron chi connectivity index (χ4n) is 2.27. The third-order valence-corrected chi connectivity index (χ3v) is 3.41. The molecule has 19 heavy (non-hydrogen) atoms. The van der Waals surface area contributed by atoms with E-state index in [4.69, 9.17) is 0 Å². The minimum absolute atomic E-state index is 0.125. The van der Waals surface area contributed by atoms with Gasteiger partial charge in [0.25, 0.3) is 0 Å². The van der Waals surface area contributed by atoms with Crippen LogP contribution in [0.4, 0.5) is 0 Å². The van der Waals surface area contributed by atoms with Gasteiger partial charge in [0, 0.05) is 6.42 Å². The summed E-state index contributed by atoms with van der Waals surface area (Å²) in [5, 5.41) is 14.6. The molecule has 2 aromatic carbocycles. The average molecular weight is 257 g/mol. The molecule has 0 bridgehead atoms. The van der Waals surface area contributed by atoms with Crippen LogP contribution in [-0.2, 0) is 11.2 Å². The number of benzene rings is 2. The van der Waals surface area contributed by atoms with E-state index in [0.717, 1.165) is 16.3 Å². The van der Waals surface area contributed by atoms with Gasteiger partial charge in [0.15, 0.2) is 0 Å². The van der Waals surface area contributed by atoms with Crippen LogP contribution in [0.2, 0.25) is 0 Å². The number of rotatable bonds is 5. The zero-order valence-electron chi connectivity index (χ0n) is 11.3. The number of hydrogen-bond acceptors (Lipinski definition) is 3. The topological polar surface area (TPSA) is 49.3 Å². The number of Topliss-reactive ketones (excluding diaryl/α,β-unsaturated/α-hetero) is 1. The molecule has 0 radical (unpaired) electrons. The second-order valence-electron chi connectivity index (χ2n) is 4.73. The van der Waals surface area contributed by atoms with Gasteiger partial charge in [0.2, 0.25) is 0 Å². The summed E-state index contributed by atoms with van der Waals surface area (Å²) in [5.74, 6) is 0.503. The Bertz CT molecular complexity index is 592. The van der Waals surface area contributed by atoms with Crippen LogP contribution in [0, 0.1) is 0 Å². The average Bonchev–Trinajstić information content (AvgIpc) is 2.44. The molecule has 1 unspecified atom stereocenters. The fourth-order valence-corrected chi connectivity index (χ4v) is 2.27. The molecule has 0 heterocycles. The van der Waals surface area contributed by atoms with Crippen LogP contribution in [0.25, 0.3) is 10.8 Å². The van der Waals surface area contributed by atoms with Crippen LogP contribution in [0.1, 0.15) is 18.9 Å². The van der Waals surface area contributed by atoms with Gasteiger partial charge in [-0.05, 0) is 41.9 Å². The molecule has 2 rings (SSSR count). The third kappa shape index (κ3) is 3.12. The molecule has 2 N–H and O–H groups in total. The van der Waals surface area contributed by atoms with E-state index in [1.54, 1.807) is 12.1 Å². The Labute approximate surface area is 113 Å². The Balaban J connectivity index is 2.26. The maximum absolute atomic E-state index is 11.8. The van der Waals surface area contributed by atoms with Crippen LogP contribution in [-0.4, -0.2) is 24.0 Å². The smallest absolute Gasteiger partial charge is 0.149 e. The molecule has 0 fully saturated rings. The second-order valence-corrected chi connectivity index (χ2v) is 4.73. The van der Waals surface area contributed by atoms with Crippen LogP contribution >= 0.6 is 0 Å². The van der Waals surface area contributed by atoms with E-state index in [1.165, 1.54) is 0 Å². The third-order valence-electron chi connectivity index (χ3n) is 3.41. The summed E-state index contributed by atoms with van der Waals surface area (Å²) in [5.41, 5.74) is 1.12. The van der Waals surface area contributed by atoms with E-state index in [-0.39, 0.29) is 17.6 Å². The number of nitrogens with one attached hydrogen (secondary N) is 1. The predicted octanol–water partition coefficient (Wildman–Crippen LogP) is 2.66. The van der Waals surface area contributed by atoms with E-state index in [9.17, 15) is 9.90 Å². The number of carbonyl (C=O) groups excluding carboxylic acids is 1. The molecule has 0 aliphatic heterocycles. The first-order chi connectivity index (χ1) is 9.13. The lowest BCUT2D eigenvalue weighted by Crippen LogP contribution is -2.35. The molecule has 100 valence electrons. The summed E-state index contributed by atoms with van der Waals surface area (Å²) >= 11 is 0. The summed E-state index contributed by atoms with van der Waals surface area (Å²) in [6, 6.07) is 11.2. The zero-order valence-corrected chi connectivity index (χ0v) is 11.3. The molecule has 0 spiro atoms. The minimum atomic E-state index is -0.125. The highest BCUT2D eigenvalue weighted by Gasteiger charge is 2.14. The lowest BCUT2D eigenvalue weighted by Gasteiger charge is -2.14. The van der Waals surface area contributed by atoms with Crippen LogP contribution in [0.5, 0.6) is 5.75 Å². The number of phenols is 1. The Morgan fingerprint density at radius 2 is 1.89 bits per heavy atom. The zero-order chi connectivity index (χ0) is 13.8. The van der Waals surface area contributed by atoms with Gasteiger partial charge in [-0.25, -0.2) is 0 Å². The Hall–Kier alpha value is -1.87. The molecule has 0 amide bonds. The van der Waals surface area contributed by atoms with E-state index in [1.807, 2.05) is 32.2 Å². The van der Waals surface area contributed by atoms with E-state index >= 15 is 0 Å². The van der Waals surface area contributed by atoms with Crippen molar-refractivity contribution < 1.29 is 9.90 Å². The molecule has 0 aliphatic rings. The van der Waals surface area contributed by atoms with Crippen molar-refractivity contribution in [3.05, 3.63) is 42.0 Å². The van der Waals surface area contributed by atoms with Crippen molar-refractivity contribution in [3.63, 3.8) is 0 Å². The van der Waals surface area contributed by atoms with Crippen LogP contribution < -0.4 is 5.32 Å². The van der Waals surface area contributed by atoms with Gasteiger partial charge in [0.05, 0.1) is 6.04 Å². The quantitative estimate of drug-likeness (QED) is 0.865. The largest absolute Gasteiger partial charge is 0.508 e. The van der Waals surface area contributed by atoms with Crippen molar-refractivity contribution in [2.45, 2.75) is 25.8 Å². The normalized spacial score (nSPS) is 12.5. The first-order valence-corrected chi connectivity index (χ1v) is 6.55. The van der Waals surface area contributed by atoms with E-state index in [2.05, 4.69) is 11.4 Å². The summed E-state index contributed by atoms with van der Waals surface area (Å²) in [6.07, 6.45) is 1.24. The van der Waals surface area contributed by atoms with Crippen molar-refractivity contribution in [3.8, 4) is 5.75 Å². The number of hydrogen-bond donors (Lipinski definition) is 2. The molecular formula is C16H19NO2. The maximum atomic E-state index is 11.8. The van der Waals surface area contributed by atoms with Gasteiger partial charge >= 0.3 is 0 Å². The maximum Gasteiger partial charge on any atom is 0.149 e. The summed E-state index contributed by atoms with van der Waals surface area (Å²) < 4.78 is 0. The van der Waals surface area contributed by atoms with E-state index < -0.39 is 0 Å². The standard InChI is InChI=1S/C16H19NO2/c1-3-16(19)15(17-2)9-11-4-5-13-10-14(18)7-6-12(13)8-11/h4-8,10,15,17-18H,3,9H2,1-2H3. The lowest BCUT2D eigenvalue weighted by molar-refractivity contribution is -0.120. The van der Waals surface area contributed by atoms with Gasteiger partial charge in [-0.2, -0.15) is 0 Å². The van der Waals surface area contributed by atoms with Gasteiger partial charge in [-0.15, -0.1) is 0 Å². The first kappa shape index (κ1) is 13.6. The van der Waals surface area contributed by atoms with Gasteiger partial charge in [-0.3, -0.25) is 4.79 Å². The lowest BCUT2D eigenvalue weighted by atomic mass is 9.98. The molecule has 0 aliphatic carbocycles. The predicted molar refractivity (Wildman–Crippen MR) is 77.5 cm³/mol. The van der Waals surface area contributed by atoms with Crippen molar-refractivity contribution in [1.82, 2.24) is 5.32 Å². The molecule has 0 saturated heterocycles. The van der Waals surface area contributed by atoms with E-state index in [0.29, 0.717) is 12.8 Å². The highest BCUT2D eigenvalue weighted by molar-refractivity contribution is 5.86. The van der Waals surface area contributed by atoms with Crippen molar-refractivity contribution in [1.29, 1.82) is 0 Å². The molecule has 2 aromatic rings. The van der Waals surface area contributed by atoms with Crippen molar-refractivity contribution in [2.75, 3.05) is 7.05 Å². The Morgan fingerprint density at radius 1 is 1.21 bits per heavy atom. The molecule has 3 nitrogen and oxygen atoms in total. The van der Waals surface area contributed by atoms with Crippen molar-refractivity contribution >= 4 is 16.6 Å². The van der Waals surface area contributed by atoms with Gasteiger partial charge < -0.3 is 10.4 Å². The van der Waals surface area contributed by atoms with Crippen LogP contribution in [0.3, 0.4) is 0 Å². The van der Waals surface area contributed by atoms with Crippen molar-refractivity contribution in [2.24, 2.45) is 0 Å². The van der Waals surface area contributed by atoms with Crippen LogP contribution in [0.15, 0.2) is 36.4 Å². The SMILES string of the molecule is CCC(=O)C(Cc1ccc2cc(O)ccc2c1)NC. The number of aromatic hydroxyl groups is 1. The summed E-state index contributed by atoms with van der Waals surface area (Å²) in [4.78, 5) is 11.8. The molecule has 0 saturated carbocycles. The van der Waals surface area contributed by atoms with Gasteiger partial charge in [0.1, 0.15) is 11.5 Å². The Morgan fingerprint density at radius 3 is 2.58 bits per heavy atom. The fraction of sp³-hybridized carbons (Fsp3) is 0.312. The number of carbonyl (C=O) groups is 1. The van der Waals surface area contributed by atoms with Gasteiger partial charge in [-0.1, -0.05) is 31.2 Å². The number of phenolic OH excluding ortho intramolecular Hbond substituents is 1.